The fourth-order valence-corrected chi connectivity index (χ4v) is 2.74. The molecule has 1 heterocycles. The number of halogens is 1. The quantitative estimate of drug-likeness (QED) is 0.891. The van der Waals surface area contributed by atoms with Crippen LogP contribution in [-0.4, -0.2) is 23.5 Å². The van der Waals surface area contributed by atoms with Crippen LogP contribution in [-0.2, 0) is 4.79 Å². The van der Waals surface area contributed by atoms with Crippen molar-refractivity contribution in [2.75, 3.05) is 6.54 Å². The van der Waals surface area contributed by atoms with E-state index < -0.39 is 11.9 Å². The van der Waals surface area contributed by atoms with Crippen LogP contribution in [0.1, 0.15) is 23.0 Å². The van der Waals surface area contributed by atoms with Gasteiger partial charge in [0.05, 0.1) is 10.8 Å². The fourth-order valence-electron chi connectivity index (χ4n) is 1.75. The average Bonchev–Trinajstić information content (AvgIpc) is 2.84. The van der Waals surface area contributed by atoms with Gasteiger partial charge in [0.2, 0.25) is 0 Å². The Bertz CT molecular complexity index is 653. The summed E-state index contributed by atoms with van der Waals surface area (Å²) in [5.74, 6) is -2.04. The highest BCUT2D eigenvalue weighted by Crippen LogP contribution is 2.27. The van der Waals surface area contributed by atoms with Gasteiger partial charge in [-0.05, 0) is 24.6 Å². The SMILES string of the molecule is CC(CCNC(=O)c1cc2c(F)cccc2s1)C(=O)O. The van der Waals surface area contributed by atoms with Gasteiger partial charge in [-0.1, -0.05) is 13.0 Å². The minimum Gasteiger partial charge on any atom is -0.481 e. The second-order valence-corrected chi connectivity index (χ2v) is 5.63. The van der Waals surface area contributed by atoms with Gasteiger partial charge in [-0.3, -0.25) is 9.59 Å². The summed E-state index contributed by atoms with van der Waals surface area (Å²) in [6.07, 6.45) is 0.361. The number of carbonyl (C=O) groups excluding carboxylic acids is 1. The Morgan fingerprint density at radius 3 is 2.85 bits per heavy atom. The van der Waals surface area contributed by atoms with Crippen LogP contribution in [0.5, 0.6) is 0 Å². The minimum absolute atomic E-state index is 0.281. The molecule has 20 heavy (non-hydrogen) atoms. The molecule has 0 aliphatic carbocycles. The largest absolute Gasteiger partial charge is 0.481 e. The summed E-state index contributed by atoms with van der Waals surface area (Å²) in [5, 5.41) is 11.8. The van der Waals surface area contributed by atoms with Crippen LogP contribution in [0.3, 0.4) is 0 Å². The second-order valence-electron chi connectivity index (χ2n) is 4.55. The maximum atomic E-state index is 13.5. The average molecular weight is 295 g/mol. The molecule has 2 rings (SSSR count). The van der Waals surface area contributed by atoms with Gasteiger partial charge in [0.1, 0.15) is 5.82 Å². The number of amides is 1. The Balaban J connectivity index is 2.01. The molecule has 106 valence electrons. The maximum Gasteiger partial charge on any atom is 0.306 e. The first-order valence-corrected chi connectivity index (χ1v) is 6.99. The molecular formula is C14H14FNO3S. The van der Waals surface area contributed by atoms with Crippen molar-refractivity contribution < 1.29 is 19.1 Å². The van der Waals surface area contributed by atoms with Crippen molar-refractivity contribution in [2.45, 2.75) is 13.3 Å². The molecule has 1 atom stereocenters. The molecule has 0 aliphatic rings. The van der Waals surface area contributed by atoms with E-state index >= 15 is 0 Å². The molecule has 0 fully saturated rings. The Hall–Kier alpha value is -1.95. The molecule has 2 N–H and O–H groups in total. The number of aliphatic carboxylic acids is 1. The van der Waals surface area contributed by atoms with Crippen molar-refractivity contribution in [1.82, 2.24) is 5.32 Å². The molecule has 0 spiro atoms. The van der Waals surface area contributed by atoms with E-state index in [-0.39, 0.29) is 18.3 Å². The number of rotatable bonds is 5. The highest BCUT2D eigenvalue weighted by atomic mass is 32.1. The number of hydrogen-bond donors (Lipinski definition) is 2. The van der Waals surface area contributed by atoms with E-state index in [0.29, 0.717) is 21.4 Å². The van der Waals surface area contributed by atoms with Gasteiger partial charge in [-0.15, -0.1) is 11.3 Å². The third-order valence-electron chi connectivity index (χ3n) is 3.02. The van der Waals surface area contributed by atoms with Crippen LogP contribution < -0.4 is 5.32 Å². The maximum absolute atomic E-state index is 13.5. The predicted octanol–water partition coefficient (Wildman–Crippen LogP) is 2.88. The molecule has 6 heteroatoms. The lowest BCUT2D eigenvalue weighted by molar-refractivity contribution is -0.141. The number of hydrogen-bond acceptors (Lipinski definition) is 3. The number of carboxylic acids is 1. The van der Waals surface area contributed by atoms with Crippen LogP contribution >= 0.6 is 11.3 Å². The van der Waals surface area contributed by atoms with E-state index in [2.05, 4.69) is 5.32 Å². The molecule has 1 amide bonds. The van der Waals surface area contributed by atoms with Gasteiger partial charge in [0, 0.05) is 16.6 Å². The van der Waals surface area contributed by atoms with Gasteiger partial charge in [-0.2, -0.15) is 0 Å². The van der Waals surface area contributed by atoms with Crippen LogP contribution in [0, 0.1) is 11.7 Å². The van der Waals surface area contributed by atoms with Crippen molar-refractivity contribution in [2.24, 2.45) is 5.92 Å². The molecular weight excluding hydrogens is 281 g/mol. The standard InChI is InChI=1S/C14H14FNO3S/c1-8(14(18)19)5-6-16-13(17)12-7-9-10(15)3-2-4-11(9)20-12/h2-4,7-8H,5-6H2,1H3,(H,16,17)(H,18,19). The monoisotopic (exact) mass is 295 g/mol. The number of benzene rings is 1. The summed E-state index contributed by atoms with van der Waals surface area (Å²) in [6, 6.07) is 6.23. The zero-order valence-corrected chi connectivity index (χ0v) is 11.7. The number of thiophene rings is 1. The lowest BCUT2D eigenvalue weighted by Gasteiger charge is -2.06. The number of carboxylic acid groups (broad SMARTS) is 1. The molecule has 0 aliphatic heterocycles. The Labute approximate surface area is 119 Å². The molecule has 1 aromatic carbocycles. The zero-order chi connectivity index (χ0) is 14.7. The topological polar surface area (TPSA) is 66.4 Å². The second kappa shape index (κ2) is 6.00. The molecule has 0 saturated carbocycles. The highest BCUT2D eigenvalue weighted by Gasteiger charge is 2.14. The number of fused-ring (bicyclic) bond motifs is 1. The molecule has 4 nitrogen and oxygen atoms in total. The lowest BCUT2D eigenvalue weighted by Crippen LogP contribution is -2.26. The molecule has 1 unspecified atom stereocenters. The van der Waals surface area contributed by atoms with Gasteiger partial charge >= 0.3 is 5.97 Å². The molecule has 0 radical (unpaired) electrons. The fraction of sp³-hybridized carbons (Fsp3) is 0.286. The number of carbonyl (C=O) groups is 2. The van der Waals surface area contributed by atoms with Crippen LogP contribution in [0.2, 0.25) is 0 Å². The summed E-state index contributed by atoms with van der Waals surface area (Å²) in [4.78, 5) is 23.0. The normalized spacial score (nSPS) is 12.3. The van der Waals surface area contributed by atoms with E-state index in [4.69, 9.17) is 5.11 Å². The first-order valence-electron chi connectivity index (χ1n) is 6.18. The van der Waals surface area contributed by atoms with Crippen molar-refractivity contribution in [3.8, 4) is 0 Å². The minimum atomic E-state index is -0.886. The van der Waals surface area contributed by atoms with E-state index in [0.717, 1.165) is 0 Å². The third-order valence-corrected chi connectivity index (χ3v) is 4.12. The van der Waals surface area contributed by atoms with Crippen LogP contribution in [0.25, 0.3) is 10.1 Å². The van der Waals surface area contributed by atoms with Gasteiger partial charge in [-0.25, -0.2) is 4.39 Å². The van der Waals surface area contributed by atoms with Gasteiger partial charge in [0.25, 0.3) is 5.91 Å². The van der Waals surface area contributed by atoms with E-state index in [1.807, 2.05) is 0 Å². The first-order chi connectivity index (χ1) is 9.49. The van der Waals surface area contributed by atoms with E-state index in [9.17, 15) is 14.0 Å². The number of nitrogens with one attached hydrogen (secondary N) is 1. The summed E-state index contributed by atoms with van der Waals surface area (Å²) in [6.45, 7) is 1.87. The summed E-state index contributed by atoms with van der Waals surface area (Å²) in [5.41, 5.74) is 0. The van der Waals surface area contributed by atoms with E-state index in [1.54, 1.807) is 19.1 Å². The van der Waals surface area contributed by atoms with Crippen molar-refractivity contribution in [1.29, 1.82) is 0 Å². The molecule has 2 aromatic rings. The summed E-state index contributed by atoms with van der Waals surface area (Å²) in [7, 11) is 0. The Kier molecular flexibility index (Phi) is 4.34. The predicted molar refractivity (Wildman–Crippen MR) is 75.5 cm³/mol. The van der Waals surface area contributed by atoms with Crippen LogP contribution in [0.4, 0.5) is 4.39 Å². The smallest absolute Gasteiger partial charge is 0.306 e. The third kappa shape index (κ3) is 3.14. The Morgan fingerprint density at radius 2 is 2.20 bits per heavy atom. The van der Waals surface area contributed by atoms with E-state index in [1.165, 1.54) is 23.5 Å². The van der Waals surface area contributed by atoms with Gasteiger partial charge in [0.15, 0.2) is 0 Å². The van der Waals surface area contributed by atoms with Crippen molar-refractivity contribution >= 4 is 33.3 Å². The summed E-state index contributed by atoms with van der Waals surface area (Å²) < 4.78 is 14.2. The molecule has 0 saturated heterocycles. The van der Waals surface area contributed by atoms with Gasteiger partial charge < -0.3 is 10.4 Å². The zero-order valence-electron chi connectivity index (χ0n) is 10.9. The van der Waals surface area contributed by atoms with Crippen molar-refractivity contribution in [3.63, 3.8) is 0 Å². The lowest BCUT2D eigenvalue weighted by atomic mass is 10.1. The molecule has 1 aromatic heterocycles. The molecule has 0 bridgehead atoms. The van der Waals surface area contributed by atoms with Crippen molar-refractivity contribution in [3.05, 3.63) is 35.0 Å². The highest BCUT2D eigenvalue weighted by molar-refractivity contribution is 7.20. The first kappa shape index (κ1) is 14.5. The van der Waals surface area contributed by atoms with Crippen LogP contribution in [0.15, 0.2) is 24.3 Å². The Morgan fingerprint density at radius 1 is 1.45 bits per heavy atom. The summed E-state index contributed by atoms with van der Waals surface area (Å²) >= 11 is 1.22.